The number of hydrogen-bond acceptors (Lipinski definition) is 17. The molecule has 1 fully saturated rings. The molecule has 2 unspecified atom stereocenters. The summed E-state index contributed by atoms with van der Waals surface area (Å²) in [6.45, 7) is 6.93. The maximum atomic E-state index is 14.0. The lowest BCUT2D eigenvalue weighted by molar-refractivity contribution is -0.144. The third kappa shape index (κ3) is 6.72. The van der Waals surface area contributed by atoms with Crippen molar-refractivity contribution in [2.75, 3.05) is 94.1 Å². The minimum absolute atomic E-state index is 0.143. The van der Waals surface area contributed by atoms with Crippen LogP contribution in [-0.2, 0) is 43.4 Å². The normalized spacial score (nSPS) is 20.1. The van der Waals surface area contributed by atoms with Gasteiger partial charge >= 0.3 is 5.97 Å². The first-order chi connectivity index (χ1) is 30.4. The molecule has 4 heterocycles. The molecular weight excluding hydrogens is 869 g/mol. The molecule has 4 aliphatic heterocycles. The molecule has 0 radical (unpaired) electrons. The lowest BCUT2D eigenvalue weighted by Crippen LogP contribution is -2.48. The molecule has 5 aromatic carbocycles. The van der Waals surface area contributed by atoms with Crippen molar-refractivity contribution < 1.29 is 47.4 Å². The topological polar surface area (TPSA) is 223 Å². The number of ether oxygens (including phenoxy) is 2. The molecule has 0 spiro atoms. The molecule has 6 N–H and O–H groups in total. The van der Waals surface area contributed by atoms with Crippen molar-refractivity contribution in [3.8, 4) is 11.5 Å². The fourth-order valence-corrected chi connectivity index (χ4v) is 13.0. The van der Waals surface area contributed by atoms with E-state index in [2.05, 4.69) is 15.5 Å². The van der Waals surface area contributed by atoms with Crippen molar-refractivity contribution in [2.45, 2.75) is 49.7 Å². The number of benzene rings is 5. The third-order valence-corrected chi connectivity index (χ3v) is 15.9. The Labute approximate surface area is 370 Å². The molecule has 16 nitrogen and oxygen atoms in total. The number of aliphatic hydroxyl groups is 2. The van der Waals surface area contributed by atoms with Gasteiger partial charge in [-0.3, -0.25) is 29.1 Å². The van der Waals surface area contributed by atoms with Gasteiger partial charge in [0.1, 0.15) is 18.4 Å². The fourth-order valence-electron chi connectivity index (χ4n) is 10.6. The number of fused-ring (bicyclic) bond motifs is 8. The van der Waals surface area contributed by atoms with E-state index in [1.54, 1.807) is 23.5 Å². The molecule has 2 atom stereocenters. The summed E-state index contributed by atoms with van der Waals surface area (Å²) in [7, 11) is -2.55. The summed E-state index contributed by atoms with van der Waals surface area (Å²) < 4.78 is 43.6. The second-order valence-electron chi connectivity index (χ2n) is 16.7. The summed E-state index contributed by atoms with van der Waals surface area (Å²) in [4.78, 5) is 43.0. The number of Topliss-reactive ketones (excluding diaryl/α,β-unsaturated/α-hetero) is 1. The van der Waals surface area contributed by atoms with Gasteiger partial charge in [0.05, 0.1) is 65.3 Å². The summed E-state index contributed by atoms with van der Waals surface area (Å²) in [6, 6.07) is -0.802. The number of phenols is 1. The number of piperazine rings is 1. The van der Waals surface area contributed by atoms with Gasteiger partial charge in [0.25, 0.3) is 10.1 Å². The monoisotopic (exact) mass is 916 g/mol. The zero-order chi connectivity index (χ0) is 44.1. The number of hydrogen-bond donors (Lipinski definition) is 6. The van der Waals surface area contributed by atoms with Gasteiger partial charge in [-0.15, -0.1) is 23.5 Å². The second kappa shape index (κ2) is 16.2. The highest BCUT2D eigenvalue weighted by molar-refractivity contribution is 7.99. The van der Waals surface area contributed by atoms with Gasteiger partial charge in [-0.1, -0.05) is 11.6 Å². The highest BCUT2D eigenvalue weighted by Gasteiger charge is 2.40. The molecule has 0 aromatic heterocycles. The number of aliphatic hydroxyl groups excluding tert-OH is 2. The molecule has 5 aliphatic rings. The van der Waals surface area contributed by atoms with E-state index in [1.165, 1.54) is 14.0 Å². The SMILES string of the molecule is COc1c(O)c2c3c(c(CO)c4c5c(CO)c6c(c7c8c(c9c(c(c1C(C(C)=O)C(C)=C9)c24)c75)NC(C(=O)OCCN1CCN(CCS(=O)(=O)O)CC1)CN8)=NCSC6)SCCN=3. The molecule has 63 heavy (non-hydrogen) atoms. The Bertz CT molecular complexity index is 3080. The molecule has 0 amide bonds. The quantitative estimate of drug-likeness (QED) is 0.0484. The minimum Gasteiger partial charge on any atom is -0.504 e. The number of rotatable bonds is 11. The number of esters is 1. The number of aromatic hydroxyl groups is 1. The predicted octanol–water partition coefficient (Wildman–Crippen LogP) is 3.33. The van der Waals surface area contributed by atoms with Crippen LogP contribution in [0.3, 0.4) is 0 Å². The van der Waals surface area contributed by atoms with Gasteiger partial charge in [-0.25, -0.2) is 4.79 Å². The van der Waals surface area contributed by atoms with Crippen LogP contribution in [-0.4, -0.2) is 139 Å². The molecular formula is C44H48N6O10S3. The number of thioether (sulfide) groups is 2. The molecule has 10 rings (SSSR count). The highest BCUT2D eigenvalue weighted by atomic mass is 32.2. The largest absolute Gasteiger partial charge is 0.504 e. The molecule has 19 heteroatoms. The number of ketones is 1. The van der Waals surface area contributed by atoms with Gasteiger partial charge in [0.15, 0.2) is 11.5 Å². The number of carbonyl (C=O) groups excluding carboxylic acids is 2. The van der Waals surface area contributed by atoms with Gasteiger partial charge in [-0.2, -0.15) is 8.42 Å². The van der Waals surface area contributed by atoms with E-state index in [0.29, 0.717) is 117 Å². The molecule has 1 saturated heterocycles. The van der Waals surface area contributed by atoms with Crippen LogP contribution in [0.2, 0.25) is 0 Å². The average Bonchev–Trinajstić information content (AvgIpc) is 3.41. The van der Waals surface area contributed by atoms with Gasteiger partial charge in [0, 0.05) is 107 Å². The van der Waals surface area contributed by atoms with Crippen LogP contribution < -0.4 is 26.1 Å². The van der Waals surface area contributed by atoms with E-state index < -0.39 is 28.0 Å². The van der Waals surface area contributed by atoms with Crippen molar-refractivity contribution in [1.82, 2.24) is 9.80 Å². The standard InChI is InChI=1S/C44H48N6O10S3/c1-20-14-22-28-31-29(30-24(17-52)43-40(45-4-12-62-43)36-33(30)32(28)34(27(20)21(2)53)42(59-3)41(36)54)23(16-51)25-18-61-19-47-37(25)35(31)39-38(22)48-26(15-46-39)44(55)60-11-9-49-5-7-50(8-6-49)10-13-63(56,57)58/h14,26-27,46,48,51-52,54H,4-13,15-19H2,1-3H3,(H,56,57,58). The maximum Gasteiger partial charge on any atom is 0.330 e. The third-order valence-electron chi connectivity index (χ3n) is 13.3. The average molecular weight is 917 g/mol. The molecule has 332 valence electrons. The Morgan fingerprint density at radius 1 is 0.921 bits per heavy atom. The van der Waals surface area contributed by atoms with E-state index in [9.17, 15) is 33.3 Å². The predicted molar refractivity (Wildman–Crippen MR) is 245 cm³/mol. The van der Waals surface area contributed by atoms with Crippen LogP contribution in [0.5, 0.6) is 11.5 Å². The molecule has 0 bridgehead atoms. The molecule has 0 saturated carbocycles. The lowest BCUT2D eigenvalue weighted by atomic mass is 9.78. The summed E-state index contributed by atoms with van der Waals surface area (Å²) in [5.41, 5.74) is 5.45. The summed E-state index contributed by atoms with van der Waals surface area (Å²) >= 11 is 3.21. The van der Waals surface area contributed by atoms with Crippen LogP contribution in [0.15, 0.2) is 20.5 Å². The van der Waals surface area contributed by atoms with Crippen LogP contribution in [0, 0.1) is 0 Å². The smallest absolute Gasteiger partial charge is 0.330 e. The molecule has 1 aliphatic carbocycles. The number of nitrogens with one attached hydrogen (secondary N) is 2. The van der Waals surface area contributed by atoms with E-state index in [0.717, 1.165) is 43.0 Å². The van der Waals surface area contributed by atoms with Crippen molar-refractivity contribution in [3.63, 3.8) is 0 Å². The first-order valence-corrected chi connectivity index (χ1v) is 24.8. The second-order valence-corrected chi connectivity index (χ2v) is 20.4. The van der Waals surface area contributed by atoms with Crippen molar-refractivity contribution >= 4 is 106 Å². The maximum absolute atomic E-state index is 14.0. The van der Waals surface area contributed by atoms with Crippen molar-refractivity contribution in [2.24, 2.45) is 9.98 Å². The number of nitrogens with zero attached hydrogens (tertiary/aromatic N) is 4. The van der Waals surface area contributed by atoms with E-state index in [4.69, 9.17) is 24.0 Å². The summed E-state index contributed by atoms with van der Waals surface area (Å²) in [5, 5.41) is 49.3. The number of anilines is 2. The summed E-state index contributed by atoms with van der Waals surface area (Å²) in [5.74, 6) is 0.0126. The van der Waals surface area contributed by atoms with Crippen molar-refractivity contribution in [1.29, 1.82) is 0 Å². The highest BCUT2D eigenvalue weighted by Crippen LogP contribution is 2.58. The van der Waals surface area contributed by atoms with Crippen LogP contribution >= 0.6 is 23.5 Å². The Morgan fingerprint density at radius 3 is 2.33 bits per heavy atom. The number of methoxy groups -OCH3 is 1. The Balaban J connectivity index is 1.18. The van der Waals surface area contributed by atoms with E-state index in [-0.39, 0.29) is 55.9 Å². The Morgan fingerprint density at radius 2 is 1.63 bits per heavy atom. The number of carbonyl (C=O) groups is 2. The van der Waals surface area contributed by atoms with Crippen molar-refractivity contribution in [3.05, 3.63) is 44.1 Å². The number of allylic oxidation sites excluding steroid dienone is 1. The Hall–Kier alpha value is -4.47. The van der Waals surface area contributed by atoms with Crippen LogP contribution in [0.4, 0.5) is 11.4 Å². The van der Waals surface area contributed by atoms with E-state index in [1.807, 2.05) is 17.9 Å². The zero-order valence-electron chi connectivity index (χ0n) is 35.1. The first kappa shape index (κ1) is 42.5. The first-order valence-electron chi connectivity index (χ1n) is 21.1. The molecule has 5 aromatic rings. The van der Waals surface area contributed by atoms with Crippen LogP contribution in [0.1, 0.15) is 47.6 Å². The van der Waals surface area contributed by atoms with E-state index >= 15 is 0 Å². The van der Waals surface area contributed by atoms with Crippen LogP contribution in [0.25, 0.3) is 49.2 Å². The van der Waals surface area contributed by atoms with Gasteiger partial charge in [0.2, 0.25) is 0 Å². The van der Waals surface area contributed by atoms with Gasteiger partial charge < -0.3 is 35.4 Å². The zero-order valence-corrected chi connectivity index (χ0v) is 37.5. The lowest BCUT2D eigenvalue weighted by Gasteiger charge is -2.34. The summed E-state index contributed by atoms with van der Waals surface area (Å²) in [6.07, 6.45) is 1.98. The Kier molecular flexibility index (Phi) is 10.9. The minimum atomic E-state index is -4.04. The van der Waals surface area contributed by atoms with Gasteiger partial charge in [-0.05, 0) is 41.1 Å². The number of phenolic OH excluding ortho intramolecular Hbond substituents is 1. The fraction of sp³-hybridized carbons (Fsp3) is 0.455.